The monoisotopic (exact) mass is 213 g/mol. The summed E-state index contributed by atoms with van der Waals surface area (Å²) in [7, 11) is 0. The van der Waals surface area contributed by atoms with Gasteiger partial charge in [-0.25, -0.2) is 0 Å². The van der Waals surface area contributed by atoms with Crippen LogP contribution in [0, 0.1) is 0 Å². The maximum Gasteiger partial charge on any atom is 0.120 e. The van der Waals surface area contributed by atoms with E-state index < -0.39 is 6.10 Å². The van der Waals surface area contributed by atoms with E-state index in [2.05, 4.69) is 5.32 Å². The van der Waals surface area contributed by atoms with Gasteiger partial charge in [-0.15, -0.1) is 0 Å². The molecule has 0 aliphatic rings. The van der Waals surface area contributed by atoms with Gasteiger partial charge in [-0.05, 0) is 26.0 Å². The molecule has 0 aromatic carbocycles. The third kappa shape index (κ3) is 4.46. The van der Waals surface area contributed by atoms with Crippen molar-refractivity contribution in [2.45, 2.75) is 26.0 Å². The van der Waals surface area contributed by atoms with Crippen LogP contribution in [-0.2, 0) is 4.74 Å². The highest BCUT2D eigenvalue weighted by molar-refractivity contribution is 5.02. The molecule has 0 bridgehead atoms. The average Bonchev–Trinajstić information content (AvgIpc) is 2.76. The van der Waals surface area contributed by atoms with Gasteiger partial charge in [0.15, 0.2) is 0 Å². The zero-order valence-corrected chi connectivity index (χ0v) is 9.27. The summed E-state index contributed by atoms with van der Waals surface area (Å²) in [5, 5.41) is 12.7. The molecule has 0 fully saturated rings. The standard InChI is InChI=1S/C11H19NO3/c1-3-14-8-10(13)7-12-9(2)11-5-4-6-15-11/h4-6,9-10,12-13H,3,7-8H2,1-2H3/t9-,10?/m0/s1. The summed E-state index contributed by atoms with van der Waals surface area (Å²) >= 11 is 0. The second kappa shape index (κ2) is 6.61. The molecule has 86 valence electrons. The molecule has 2 atom stereocenters. The van der Waals surface area contributed by atoms with Crippen molar-refractivity contribution in [2.24, 2.45) is 0 Å². The molecule has 0 spiro atoms. The van der Waals surface area contributed by atoms with Gasteiger partial charge in [0.1, 0.15) is 5.76 Å². The van der Waals surface area contributed by atoms with Crippen LogP contribution in [0.25, 0.3) is 0 Å². The second-order valence-electron chi connectivity index (χ2n) is 3.46. The number of nitrogens with one attached hydrogen (secondary N) is 1. The Morgan fingerprint density at radius 2 is 2.40 bits per heavy atom. The number of aliphatic hydroxyl groups is 1. The zero-order valence-electron chi connectivity index (χ0n) is 9.27. The summed E-state index contributed by atoms with van der Waals surface area (Å²) in [6, 6.07) is 3.87. The minimum Gasteiger partial charge on any atom is -0.468 e. The van der Waals surface area contributed by atoms with Crippen LogP contribution in [0.4, 0.5) is 0 Å². The van der Waals surface area contributed by atoms with Crippen LogP contribution in [0.15, 0.2) is 22.8 Å². The van der Waals surface area contributed by atoms with E-state index in [0.29, 0.717) is 19.8 Å². The molecule has 2 N–H and O–H groups in total. The Balaban J connectivity index is 2.19. The maximum absolute atomic E-state index is 9.51. The van der Waals surface area contributed by atoms with Crippen molar-refractivity contribution in [1.82, 2.24) is 5.32 Å². The summed E-state index contributed by atoms with van der Waals surface area (Å²) in [6.07, 6.45) is 1.17. The Kier molecular flexibility index (Phi) is 5.39. The fourth-order valence-corrected chi connectivity index (χ4v) is 1.26. The average molecular weight is 213 g/mol. The number of furan rings is 1. The molecule has 0 aliphatic carbocycles. The summed E-state index contributed by atoms with van der Waals surface area (Å²) in [5.74, 6) is 0.874. The van der Waals surface area contributed by atoms with Crippen molar-refractivity contribution in [2.75, 3.05) is 19.8 Å². The Bertz CT molecular complexity index is 248. The van der Waals surface area contributed by atoms with Crippen LogP contribution >= 0.6 is 0 Å². The van der Waals surface area contributed by atoms with Gasteiger partial charge in [-0.1, -0.05) is 0 Å². The zero-order chi connectivity index (χ0) is 11.1. The molecule has 15 heavy (non-hydrogen) atoms. The quantitative estimate of drug-likeness (QED) is 0.717. The third-order valence-electron chi connectivity index (χ3n) is 2.14. The first-order valence-corrected chi connectivity index (χ1v) is 5.26. The molecule has 1 aromatic rings. The molecule has 4 nitrogen and oxygen atoms in total. The largest absolute Gasteiger partial charge is 0.468 e. The molecule has 1 unspecified atom stereocenters. The SMILES string of the molecule is CCOCC(O)CN[C@@H](C)c1ccco1. The topological polar surface area (TPSA) is 54.6 Å². The van der Waals surface area contributed by atoms with Crippen LogP contribution < -0.4 is 5.32 Å². The van der Waals surface area contributed by atoms with E-state index in [1.807, 2.05) is 26.0 Å². The van der Waals surface area contributed by atoms with Crippen molar-refractivity contribution in [3.05, 3.63) is 24.2 Å². The predicted molar refractivity (Wildman–Crippen MR) is 57.6 cm³/mol. The van der Waals surface area contributed by atoms with E-state index in [1.54, 1.807) is 6.26 Å². The Hall–Kier alpha value is -0.840. The maximum atomic E-state index is 9.51. The highest BCUT2D eigenvalue weighted by atomic mass is 16.5. The van der Waals surface area contributed by atoms with Crippen LogP contribution in [-0.4, -0.2) is 31.0 Å². The number of hydrogen-bond donors (Lipinski definition) is 2. The highest BCUT2D eigenvalue weighted by Crippen LogP contribution is 2.11. The molecule has 0 saturated carbocycles. The lowest BCUT2D eigenvalue weighted by Gasteiger charge is -2.15. The Labute approximate surface area is 90.2 Å². The minimum atomic E-state index is -0.470. The fraction of sp³-hybridized carbons (Fsp3) is 0.636. The second-order valence-corrected chi connectivity index (χ2v) is 3.46. The van der Waals surface area contributed by atoms with E-state index in [1.165, 1.54) is 0 Å². The minimum absolute atomic E-state index is 0.108. The van der Waals surface area contributed by atoms with Gasteiger partial charge in [-0.2, -0.15) is 0 Å². The van der Waals surface area contributed by atoms with E-state index in [-0.39, 0.29) is 6.04 Å². The first-order valence-electron chi connectivity index (χ1n) is 5.26. The first kappa shape index (κ1) is 12.2. The molecule has 0 aliphatic heterocycles. The van der Waals surface area contributed by atoms with Gasteiger partial charge < -0.3 is 19.6 Å². The number of ether oxygens (including phenoxy) is 1. The van der Waals surface area contributed by atoms with E-state index in [9.17, 15) is 5.11 Å². The molecule has 1 aromatic heterocycles. The molecule has 1 heterocycles. The van der Waals surface area contributed by atoms with Gasteiger partial charge in [0.25, 0.3) is 0 Å². The van der Waals surface area contributed by atoms with E-state index >= 15 is 0 Å². The van der Waals surface area contributed by atoms with E-state index in [0.717, 1.165) is 5.76 Å². The highest BCUT2D eigenvalue weighted by Gasteiger charge is 2.10. The van der Waals surface area contributed by atoms with Gasteiger partial charge in [0.2, 0.25) is 0 Å². The number of hydrogen-bond acceptors (Lipinski definition) is 4. The van der Waals surface area contributed by atoms with Gasteiger partial charge in [0.05, 0.1) is 25.0 Å². The molecule has 0 saturated heterocycles. The fourth-order valence-electron chi connectivity index (χ4n) is 1.26. The van der Waals surface area contributed by atoms with Crippen molar-refractivity contribution in [3.63, 3.8) is 0 Å². The lowest BCUT2D eigenvalue weighted by atomic mass is 10.2. The number of rotatable bonds is 7. The summed E-state index contributed by atoms with van der Waals surface area (Å²) < 4.78 is 10.3. The molecule has 4 heteroatoms. The Morgan fingerprint density at radius 3 is 3.00 bits per heavy atom. The van der Waals surface area contributed by atoms with Gasteiger partial charge in [0, 0.05) is 13.2 Å². The Morgan fingerprint density at radius 1 is 1.60 bits per heavy atom. The van der Waals surface area contributed by atoms with Crippen molar-refractivity contribution >= 4 is 0 Å². The molecule has 1 rings (SSSR count). The summed E-state index contributed by atoms with van der Waals surface area (Å²) in [5.41, 5.74) is 0. The summed E-state index contributed by atoms with van der Waals surface area (Å²) in [6.45, 7) is 5.40. The van der Waals surface area contributed by atoms with Crippen LogP contribution in [0.5, 0.6) is 0 Å². The van der Waals surface area contributed by atoms with Crippen molar-refractivity contribution in [3.8, 4) is 0 Å². The smallest absolute Gasteiger partial charge is 0.120 e. The lowest BCUT2D eigenvalue weighted by Crippen LogP contribution is -2.32. The summed E-state index contributed by atoms with van der Waals surface area (Å²) in [4.78, 5) is 0. The molecular formula is C11H19NO3. The predicted octanol–water partition coefficient (Wildman–Crippen LogP) is 1.33. The number of aliphatic hydroxyl groups excluding tert-OH is 1. The van der Waals surface area contributed by atoms with Crippen LogP contribution in [0.2, 0.25) is 0 Å². The first-order chi connectivity index (χ1) is 7.24. The van der Waals surface area contributed by atoms with Crippen molar-refractivity contribution < 1.29 is 14.3 Å². The van der Waals surface area contributed by atoms with Gasteiger partial charge >= 0.3 is 0 Å². The third-order valence-corrected chi connectivity index (χ3v) is 2.14. The normalized spacial score (nSPS) is 15.1. The molecular weight excluding hydrogens is 194 g/mol. The van der Waals surface area contributed by atoms with Gasteiger partial charge in [-0.3, -0.25) is 0 Å². The molecule has 0 radical (unpaired) electrons. The molecule has 0 amide bonds. The lowest BCUT2D eigenvalue weighted by molar-refractivity contribution is 0.0413. The van der Waals surface area contributed by atoms with Crippen LogP contribution in [0.3, 0.4) is 0 Å². The van der Waals surface area contributed by atoms with Crippen LogP contribution in [0.1, 0.15) is 25.6 Å². The van der Waals surface area contributed by atoms with Crippen molar-refractivity contribution in [1.29, 1.82) is 0 Å². The van der Waals surface area contributed by atoms with E-state index in [4.69, 9.17) is 9.15 Å².